The molecule has 0 bridgehead atoms. The van der Waals surface area contributed by atoms with Crippen molar-refractivity contribution < 1.29 is 8.42 Å². The molecule has 1 heterocycles. The Kier molecular flexibility index (Phi) is 5.40. The van der Waals surface area contributed by atoms with E-state index in [2.05, 4.69) is 27.2 Å². The number of H-pyrrole nitrogens is 1. The van der Waals surface area contributed by atoms with E-state index in [1.807, 2.05) is 13.8 Å². The molecule has 1 aromatic heterocycles. The minimum atomic E-state index is -3.57. The van der Waals surface area contributed by atoms with E-state index in [0.29, 0.717) is 12.5 Å². The first kappa shape index (κ1) is 16.5. The molecule has 6 nitrogen and oxygen atoms in total. The zero-order valence-electron chi connectivity index (χ0n) is 13.1. The summed E-state index contributed by atoms with van der Waals surface area (Å²) in [4.78, 5) is 0. The number of sulfonamides is 1. The van der Waals surface area contributed by atoms with E-state index in [0.717, 1.165) is 37.1 Å². The van der Waals surface area contributed by atoms with Crippen LogP contribution in [-0.2, 0) is 16.6 Å². The quantitative estimate of drug-likeness (QED) is 0.745. The zero-order chi connectivity index (χ0) is 15.5. The van der Waals surface area contributed by atoms with Crippen LogP contribution in [0.25, 0.3) is 0 Å². The largest absolute Gasteiger partial charge is 0.313 e. The Balaban J connectivity index is 2.19. The van der Waals surface area contributed by atoms with E-state index in [4.69, 9.17) is 0 Å². The summed E-state index contributed by atoms with van der Waals surface area (Å²) in [6, 6.07) is 0.0211. The average Bonchev–Trinajstić information content (AvgIpc) is 2.81. The number of hydrogen-bond donors (Lipinski definition) is 3. The normalized spacial score (nSPS) is 23.4. The SMILES string of the molecule is CCNCc1c(S(=O)(=O)NC2CCCCC2C)n[nH]c1C. The standard InChI is InChI=1S/C14H26N4O2S/c1-4-15-9-12-11(3)16-17-14(12)21(19,20)18-13-8-6-5-7-10(13)2/h10,13,15,18H,4-9H2,1-3H3,(H,16,17). The molecule has 0 radical (unpaired) electrons. The maximum atomic E-state index is 12.6. The first-order valence-electron chi connectivity index (χ1n) is 7.72. The van der Waals surface area contributed by atoms with Crippen molar-refractivity contribution in [2.45, 2.75) is 64.1 Å². The highest BCUT2D eigenvalue weighted by atomic mass is 32.2. The second kappa shape index (κ2) is 6.89. The maximum absolute atomic E-state index is 12.6. The lowest BCUT2D eigenvalue weighted by Gasteiger charge is -2.29. The highest BCUT2D eigenvalue weighted by Gasteiger charge is 2.30. The predicted octanol–water partition coefficient (Wildman–Crippen LogP) is 1.68. The van der Waals surface area contributed by atoms with Crippen LogP contribution in [0.1, 0.15) is 50.8 Å². The third kappa shape index (κ3) is 3.84. The van der Waals surface area contributed by atoms with Gasteiger partial charge in [-0.05, 0) is 32.2 Å². The van der Waals surface area contributed by atoms with Gasteiger partial charge in [-0.1, -0.05) is 26.7 Å². The van der Waals surface area contributed by atoms with Crippen LogP contribution in [0.15, 0.2) is 5.03 Å². The number of nitrogens with one attached hydrogen (secondary N) is 3. The van der Waals surface area contributed by atoms with Crippen LogP contribution in [0.2, 0.25) is 0 Å². The van der Waals surface area contributed by atoms with E-state index >= 15 is 0 Å². The van der Waals surface area contributed by atoms with Gasteiger partial charge in [0.15, 0.2) is 5.03 Å². The molecule has 120 valence electrons. The Labute approximate surface area is 127 Å². The Morgan fingerprint density at radius 2 is 2.05 bits per heavy atom. The minimum Gasteiger partial charge on any atom is -0.313 e. The lowest BCUT2D eigenvalue weighted by atomic mass is 9.87. The van der Waals surface area contributed by atoms with E-state index in [1.165, 1.54) is 6.42 Å². The molecule has 0 aromatic carbocycles. The maximum Gasteiger partial charge on any atom is 0.260 e. The molecule has 3 N–H and O–H groups in total. The number of aryl methyl sites for hydroxylation is 1. The van der Waals surface area contributed by atoms with Gasteiger partial charge in [0, 0.05) is 23.8 Å². The molecule has 2 rings (SSSR count). The van der Waals surface area contributed by atoms with Crippen molar-refractivity contribution in [1.82, 2.24) is 20.2 Å². The topological polar surface area (TPSA) is 86.9 Å². The summed E-state index contributed by atoms with van der Waals surface area (Å²) in [7, 11) is -3.57. The van der Waals surface area contributed by atoms with Gasteiger partial charge in [0.25, 0.3) is 10.0 Å². The van der Waals surface area contributed by atoms with Crippen molar-refractivity contribution in [1.29, 1.82) is 0 Å². The van der Waals surface area contributed by atoms with Crippen molar-refractivity contribution in [3.05, 3.63) is 11.3 Å². The molecule has 0 aliphatic heterocycles. The van der Waals surface area contributed by atoms with Crippen LogP contribution >= 0.6 is 0 Å². The lowest BCUT2D eigenvalue weighted by molar-refractivity contribution is 0.310. The molecule has 0 amide bonds. The molecule has 1 aromatic rings. The van der Waals surface area contributed by atoms with Gasteiger partial charge in [-0.25, -0.2) is 13.1 Å². The highest BCUT2D eigenvalue weighted by molar-refractivity contribution is 7.89. The summed E-state index contributed by atoms with van der Waals surface area (Å²) in [6.45, 7) is 7.25. The third-order valence-corrected chi connectivity index (χ3v) is 5.72. The van der Waals surface area contributed by atoms with Crippen LogP contribution in [0.5, 0.6) is 0 Å². The molecule has 7 heteroatoms. The number of aromatic nitrogens is 2. The van der Waals surface area contributed by atoms with Crippen LogP contribution in [0.4, 0.5) is 0 Å². The molecule has 1 saturated carbocycles. The molecular formula is C14H26N4O2S. The molecular weight excluding hydrogens is 288 g/mol. The summed E-state index contributed by atoms with van der Waals surface area (Å²) < 4.78 is 28.1. The second-order valence-corrected chi connectivity index (χ2v) is 7.53. The van der Waals surface area contributed by atoms with Gasteiger partial charge in [0.2, 0.25) is 0 Å². The van der Waals surface area contributed by atoms with E-state index < -0.39 is 10.0 Å². The van der Waals surface area contributed by atoms with Crippen LogP contribution in [0.3, 0.4) is 0 Å². The molecule has 2 unspecified atom stereocenters. The van der Waals surface area contributed by atoms with Crippen molar-refractivity contribution in [3.63, 3.8) is 0 Å². The van der Waals surface area contributed by atoms with Gasteiger partial charge in [-0.2, -0.15) is 5.10 Å². The smallest absolute Gasteiger partial charge is 0.260 e. The number of rotatable bonds is 6. The Morgan fingerprint density at radius 3 is 2.71 bits per heavy atom. The molecule has 0 saturated heterocycles. The molecule has 2 atom stereocenters. The van der Waals surface area contributed by atoms with E-state index in [9.17, 15) is 8.42 Å². The van der Waals surface area contributed by atoms with Crippen LogP contribution < -0.4 is 10.0 Å². The second-order valence-electron chi connectivity index (χ2n) is 5.90. The zero-order valence-corrected chi connectivity index (χ0v) is 13.9. The molecule has 0 spiro atoms. The molecule has 21 heavy (non-hydrogen) atoms. The summed E-state index contributed by atoms with van der Waals surface area (Å²) in [5.74, 6) is 0.380. The first-order chi connectivity index (χ1) is 9.95. The third-order valence-electron chi connectivity index (χ3n) is 4.26. The average molecular weight is 314 g/mol. The van der Waals surface area contributed by atoms with Crippen LogP contribution in [0, 0.1) is 12.8 Å². The fourth-order valence-corrected chi connectivity index (χ4v) is 4.43. The minimum absolute atomic E-state index is 0.0211. The first-order valence-corrected chi connectivity index (χ1v) is 9.21. The highest BCUT2D eigenvalue weighted by Crippen LogP contribution is 2.26. The van der Waals surface area contributed by atoms with Crippen molar-refractivity contribution in [2.24, 2.45) is 5.92 Å². The molecule has 1 aliphatic carbocycles. The van der Waals surface area contributed by atoms with E-state index in [-0.39, 0.29) is 11.1 Å². The summed E-state index contributed by atoms with van der Waals surface area (Å²) in [6.07, 6.45) is 4.26. The number of hydrogen-bond acceptors (Lipinski definition) is 4. The van der Waals surface area contributed by atoms with E-state index in [1.54, 1.807) is 0 Å². The predicted molar refractivity (Wildman–Crippen MR) is 82.4 cm³/mol. The van der Waals surface area contributed by atoms with Gasteiger partial charge in [-0.3, -0.25) is 5.10 Å². The lowest BCUT2D eigenvalue weighted by Crippen LogP contribution is -2.41. The fourth-order valence-electron chi connectivity index (χ4n) is 2.86. The van der Waals surface area contributed by atoms with Gasteiger partial charge in [-0.15, -0.1) is 0 Å². The Hall–Kier alpha value is -0.920. The van der Waals surface area contributed by atoms with Gasteiger partial charge >= 0.3 is 0 Å². The van der Waals surface area contributed by atoms with Crippen LogP contribution in [-0.4, -0.2) is 31.2 Å². The fraction of sp³-hybridized carbons (Fsp3) is 0.786. The molecule has 1 fully saturated rings. The Bertz CT molecular complexity index is 568. The Morgan fingerprint density at radius 1 is 1.33 bits per heavy atom. The summed E-state index contributed by atoms with van der Waals surface area (Å²) in [5.41, 5.74) is 1.53. The summed E-state index contributed by atoms with van der Waals surface area (Å²) >= 11 is 0. The van der Waals surface area contributed by atoms with Crippen molar-refractivity contribution in [2.75, 3.05) is 6.54 Å². The van der Waals surface area contributed by atoms with Gasteiger partial charge in [0.05, 0.1) is 0 Å². The number of aromatic amines is 1. The van der Waals surface area contributed by atoms with Gasteiger partial charge in [0.1, 0.15) is 0 Å². The van der Waals surface area contributed by atoms with Crippen molar-refractivity contribution >= 4 is 10.0 Å². The van der Waals surface area contributed by atoms with Gasteiger partial charge < -0.3 is 5.32 Å². The summed E-state index contributed by atoms with van der Waals surface area (Å²) in [5, 5.41) is 10.1. The monoisotopic (exact) mass is 314 g/mol. The number of nitrogens with zero attached hydrogens (tertiary/aromatic N) is 1. The molecule has 1 aliphatic rings. The van der Waals surface area contributed by atoms with Crippen molar-refractivity contribution in [3.8, 4) is 0 Å².